The summed E-state index contributed by atoms with van der Waals surface area (Å²) in [5.41, 5.74) is 0.404. The normalized spacial score (nSPS) is 19.0. The molecule has 0 bridgehead atoms. The summed E-state index contributed by atoms with van der Waals surface area (Å²) in [5, 5.41) is 2.89. The molecule has 22 heavy (non-hydrogen) atoms. The van der Waals surface area contributed by atoms with Crippen LogP contribution in [0.1, 0.15) is 24.4 Å². The van der Waals surface area contributed by atoms with Crippen LogP contribution in [0, 0.1) is 0 Å². The third kappa shape index (κ3) is 3.91. The van der Waals surface area contributed by atoms with Crippen LogP contribution in [0.15, 0.2) is 24.3 Å². The van der Waals surface area contributed by atoms with Gasteiger partial charge in [-0.05, 0) is 6.07 Å². The minimum absolute atomic E-state index is 0.151. The molecule has 120 valence electrons. The Morgan fingerprint density at radius 2 is 2.05 bits per heavy atom. The molecule has 0 spiro atoms. The van der Waals surface area contributed by atoms with Gasteiger partial charge >= 0.3 is 6.18 Å². The van der Waals surface area contributed by atoms with Gasteiger partial charge in [-0.25, -0.2) is 0 Å². The number of piperazine rings is 1. The van der Waals surface area contributed by atoms with E-state index in [9.17, 15) is 22.8 Å². The molecule has 1 aliphatic rings. The van der Waals surface area contributed by atoms with Gasteiger partial charge in [0.05, 0.1) is 6.42 Å². The molecule has 0 radical (unpaired) electrons. The first-order chi connectivity index (χ1) is 10.3. The highest BCUT2D eigenvalue weighted by Gasteiger charge is 2.37. The van der Waals surface area contributed by atoms with Crippen LogP contribution in [-0.4, -0.2) is 36.0 Å². The van der Waals surface area contributed by atoms with Crippen molar-refractivity contribution in [3.8, 4) is 0 Å². The van der Waals surface area contributed by atoms with Gasteiger partial charge in [0.1, 0.15) is 6.04 Å². The van der Waals surface area contributed by atoms with Crippen molar-refractivity contribution in [1.29, 1.82) is 0 Å². The molecule has 4 nitrogen and oxygen atoms in total. The van der Waals surface area contributed by atoms with E-state index in [0.717, 1.165) is 4.90 Å². The van der Waals surface area contributed by atoms with Gasteiger partial charge in [0.2, 0.25) is 11.8 Å². The summed E-state index contributed by atoms with van der Waals surface area (Å²) in [5.74, 6) is -1.16. The summed E-state index contributed by atoms with van der Waals surface area (Å²) in [6, 6.07) is 5.48. The summed E-state index contributed by atoms with van der Waals surface area (Å²) in [4.78, 5) is 25.3. The van der Waals surface area contributed by atoms with Crippen molar-refractivity contribution in [3.05, 3.63) is 34.9 Å². The molecule has 1 aromatic rings. The highest BCUT2D eigenvalue weighted by molar-refractivity contribution is 6.31. The second-order valence-corrected chi connectivity index (χ2v) is 5.32. The molecule has 1 fully saturated rings. The van der Waals surface area contributed by atoms with E-state index in [2.05, 4.69) is 5.32 Å². The molecule has 2 amide bonds. The monoisotopic (exact) mass is 334 g/mol. The van der Waals surface area contributed by atoms with E-state index in [4.69, 9.17) is 11.6 Å². The lowest BCUT2D eigenvalue weighted by molar-refractivity contribution is -0.153. The summed E-state index contributed by atoms with van der Waals surface area (Å²) in [6.07, 6.45) is -6.30. The van der Waals surface area contributed by atoms with Crippen molar-refractivity contribution in [2.75, 3.05) is 13.1 Å². The third-order valence-corrected chi connectivity index (χ3v) is 3.70. The first-order valence-electron chi connectivity index (χ1n) is 6.68. The maximum atomic E-state index is 12.3. The number of alkyl halides is 3. The van der Waals surface area contributed by atoms with Crippen molar-refractivity contribution in [2.45, 2.75) is 25.1 Å². The fraction of sp³-hybridized carbons (Fsp3) is 0.429. The average Bonchev–Trinajstić information content (AvgIpc) is 2.45. The predicted octanol–water partition coefficient (Wildman–Crippen LogP) is 2.68. The molecule has 0 aliphatic carbocycles. The summed E-state index contributed by atoms with van der Waals surface area (Å²) in [6.45, 7) is 0.357. The second-order valence-electron chi connectivity index (χ2n) is 4.92. The van der Waals surface area contributed by atoms with Crippen molar-refractivity contribution >= 4 is 23.4 Å². The Hall–Kier alpha value is -1.76. The molecule has 1 atom stereocenters. The number of hydrogen-bond acceptors (Lipinski definition) is 2. The van der Waals surface area contributed by atoms with Crippen LogP contribution in [-0.2, 0) is 9.59 Å². The van der Waals surface area contributed by atoms with Gasteiger partial charge in [-0.1, -0.05) is 29.8 Å². The van der Waals surface area contributed by atoms with Gasteiger partial charge in [-0.2, -0.15) is 13.2 Å². The van der Waals surface area contributed by atoms with Crippen molar-refractivity contribution in [2.24, 2.45) is 0 Å². The van der Waals surface area contributed by atoms with Crippen molar-refractivity contribution in [1.82, 2.24) is 10.2 Å². The van der Waals surface area contributed by atoms with E-state index in [1.165, 1.54) is 0 Å². The molecular formula is C14H14ClF3N2O2. The van der Waals surface area contributed by atoms with Crippen LogP contribution in [0.25, 0.3) is 0 Å². The molecule has 1 aromatic carbocycles. The number of nitrogens with one attached hydrogen (secondary N) is 1. The fourth-order valence-corrected chi connectivity index (χ4v) is 2.57. The van der Waals surface area contributed by atoms with E-state index in [-0.39, 0.29) is 18.1 Å². The van der Waals surface area contributed by atoms with Crippen LogP contribution < -0.4 is 5.32 Å². The number of hydrogen-bond donors (Lipinski definition) is 1. The number of amides is 2. The molecule has 0 unspecified atom stereocenters. The number of nitrogens with zero attached hydrogens (tertiary/aromatic N) is 1. The van der Waals surface area contributed by atoms with Gasteiger partial charge in [0.25, 0.3) is 0 Å². The molecule has 1 saturated heterocycles. The highest BCUT2D eigenvalue weighted by atomic mass is 35.5. The van der Waals surface area contributed by atoms with Gasteiger partial charge in [0, 0.05) is 30.1 Å². The van der Waals surface area contributed by atoms with Crippen LogP contribution in [0.3, 0.4) is 0 Å². The van der Waals surface area contributed by atoms with Gasteiger partial charge in [0.15, 0.2) is 0 Å². The maximum absolute atomic E-state index is 12.3. The SMILES string of the molecule is O=C1NCCN(C(=O)CCC(F)(F)F)[C@@H]1c1ccccc1Cl. The molecule has 1 heterocycles. The lowest BCUT2D eigenvalue weighted by atomic mass is 10.0. The molecule has 2 rings (SSSR count). The van der Waals surface area contributed by atoms with E-state index in [1.807, 2.05) is 0 Å². The Kier molecular flexibility index (Phi) is 4.95. The highest BCUT2D eigenvalue weighted by Crippen LogP contribution is 2.30. The topological polar surface area (TPSA) is 49.4 Å². The van der Waals surface area contributed by atoms with E-state index in [0.29, 0.717) is 5.56 Å². The Morgan fingerprint density at radius 3 is 2.68 bits per heavy atom. The smallest absolute Gasteiger partial charge is 0.352 e. The average molecular weight is 335 g/mol. The predicted molar refractivity (Wildman–Crippen MR) is 74.2 cm³/mol. The van der Waals surface area contributed by atoms with Gasteiger partial charge in [-0.15, -0.1) is 0 Å². The van der Waals surface area contributed by atoms with Gasteiger partial charge < -0.3 is 10.2 Å². The van der Waals surface area contributed by atoms with Crippen LogP contribution >= 0.6 is 11.6 Å². The lowest BCUT2D eigenvalue weighted by Gasteiger charge is -2.35. The van der Waals surface area contributed by atoms with Crippen molar-refractivity contribution in [3.63, 3.8) is 0 Å². The largest absolute Gasteiger partial charge is 0.389 e. The molecular weight excluding hydrogens is 321 g/mol. The zero-order valence-electron chi connectivity index (χ0n) is 11.5. The number of benzene rings is 1. The quantitative estimate of drug-likeness (QED) is 0.924. The first kappa shape index (κ1) is 16.6. The second kappa shape index (κ2) is 6.56. The Balaban J connectivity index is 2.22. The Labute approximate surface area is 130 Å². The summed E-state index contributed by atoms with van der Waals surface area (Å²) < 4.78 is 36.8. The number of carbonyl (C=O) groups is 2. The minimum Gasteiger partial charge on any atom is -0.352 e. The zero-order chi connectivity index (χ0) is 16.3. The molecule has 1 aliphatic heterocycles. The Bertz CT molecular complexity index is 577. The van der Waals surface area contributed by atoms with Gasteiger partial charge in [-0.3, -0.25) is 9.59 Å². The minimum atomic E-state index is -4.41. The number of carbonyl (C=O) groups excluding carboxylic acids is 2. The van der Waals surface area contributed by atoms with Crippen LogP contribution in [0.2, 0.25) is 5.02 Å². The third-order valence-electron chi connectivity index (χ3n) is 3.35. The van der Waals surface area contributed by atoms with Crippen molar-refractivity contribution < 1.29 is 22.8 Å². The van der Waals surface area contributed by atoms with Crippen LogP contribution in [0.5, 0.6) is 0 Å². The van der Waals surface area contributed by atoms with E-state index in [1.54, 1.807) is 24.3 Å². The fourth-order valence-electron chi connectivity index (χ4n) is 2.33. The van der Waals surface area contributed by atoms with Crippen LogP contribution in [0.4, 0.5) is 13.2 Å². The molecule has 1 N–H and O–H groups in total. The molecule has 0 saturated carbocycles. The molecule has 8 heteroatoms. The maximum Gasteiger partial charge on any atom is 0.389 e. The zero-order valence-corrected chi connectivity index (χ0v) is 12.2. The standard InChI is InChI=1S/C14H14ClF3N2O2/c15-10-4-2-1-3-9(10)12-13(22)19-7-8-20(12)11(21)5-6-14(16,17)18/h1-4,12H,5-8H2,(H,19,22)/t12-/m1/s1. The van der Waals surface area contributed by atoms with E-state index >= 15 is 0 Å². The first-order valence-corrected chi connectivity index (χ1v) is 7.06. The summed E-state index contributed by atoms with van der Waals surface area (Å²) >= 11 is 6.04. The number of halogens is 4. The summed E-state index contributed by atoms with van der Waals surface area (Å²) in [7, 11) is 0. The number of rotatable bonds is 3. The molecule has 0 aromatic heterocycles. The Morgan fingerprint density at radius 1 is 1.36 bits per heavy atom. The van der Waals surface area contributed by atoms with E-state index < -0.39 is 36.9 Å². The lowest BCUT2D eigenvalue weighted by Crippen LogP contribution is -2.52.